The lowest BCUT2D eigenvalue weighted by atomic mass is 10.1. The van der Waals surface area contributed by atoms with Crippen molar-refractivity contribution in [1.29, 1.82) is 0 Å². The molecule has 13 heteroatoms. The largest absolute Gasteiger partial charge is 0.493 e. The Morgan fingerprint density at radius 2 is 1.83 bits per heavy atom. The fourth-order valence-corrected chi connectivity index (χ4v) is 6.12. The summed E-state index contributed by atoms with van der Waals surface area (Å²) in [6.07, 6.45) is -0.312. The highest BCUT2D eigenvalue weighted by Gasteiger charge is 2.44. The number of ether oxygens (including phenoxy) is 3. The van der Waals surface area contributed by atoms with Crippen LogP contribution in [0.3, 0.4) is 0 Å². The third kappa shape index (κ3) is 5.58. The number of thioether (sulfide) groups is 1. The average Bonchev–Trinajstić information content (AvgIpc) is 3.42. The second kappa shape index (κ2) is 10.9. The van der Waals surface area contributed by atoms with Gasteiger partial charge >= 0.3 is 5.97 Å². The van der Waals surface area contributed by atoms with Crippen LogP contribution < -0.4 is 19.1 Å². The summed E-state index contributed by atoms with van der Waals surface area (Å²) >= 11 is 14.5. The van der Waals surface area contributed by atoms with Crippen molar-refractivity contribution >= 4 is 63.3 Å². The van der Waals surface area contributed by atoms with Gasteiger partial charge in [-0.25, -0.2) is 0 Å². The van der Waals surface area contributed by atoms with Crippen LogP contribution in [0.2, 0.25) is 10.0 Å². The van der Waals surface area contributed by atoms with Crippen LogP contribution in [0.25, 0.3) is 0 Å². The summed E-state index contributed by atoms with van der Waals surface area (Å²) in [4.78, 5) is 26.1. The van der Waals surface area contributed by atoms with Gasteiger partial charge in [0.2, 0.25) is 11.0 Å². The number of hydrogen-bond acceptors (Lipinski definition) is 9. The zero-order valence-corrected chi connectivity index (χ0v) is 21.6. The highest BCUT2D eigenvalue weighted by Crippen LogP contribution is 2.48. The van der Waals surface area contributed by atoms with Gasteiger partial charge in [-0.1, -0.05) is 40.6 Å². The number of rotatable bonds is 9. The number of nitrogens with zero attached hydrogens (tertiary/aromatic N) is 3. The van der Waals surface area contributed by atoms with Crippen molar-refractivity contribution in [2.24, 2.45) is 0 Å². The van der Waals surface area contributed by atoms with Crippen LogP contribution in [0.1, 0.15) is 22.4 Å². The van der Waals surface area contributed by atoms with Crippen molar-refractivity contribution in [3.05, 3.63) is 57.0 Å². The van der Waals surface area contributed by atoms with E-state index in [-0.39, 0.29) is 18.9 Å². The molecule has 1 fully saturated rings. The molecule has 3 aromatic rings. The lowest BCUT2D eigenvalue weighted by Gasteiger charge is -2.21. The molecule has 4 rings (SSSR count). The molecule has 35 heavy (non-hydrogen) atoms. The van der Waals surface area contributed by atoms with Crippen LogP contribution in [-0.4, -0.2) is 46.6 Å². The van der Waals surface area contributed by atoms with Crippen LogP contribution in [-0.2, 0) is 16.2 Å². The molecule has 1 aliphatic rings. The number of anilines is 1. The molecule has 0 aliphatic carbocycles. The summed E-state index contributed by atoms with van der Waals surface area (Å²) in [5, 5.41) is 18.0. The van der Waals surface area contributed by atoms with Crippen LogP contribution in [0.15, 0.2) is 36.4 Å². The number of hydrogen-bond donors (Lipinski definition) is 1. The molecule has 0 saturated carbocycles. The Bertz CT molecular complexity index is 1260. The number of carbonyl (C=O) groups is 2. The Balaban J connectivity index is 1.60. The number of methoxy groups -OCH3 is 2. The van der Waals surface area contributed by atoms with E-state index in [4.69, 9.17) is 37.4 Å². The summed E-state index contributed by atoms with van der Waals surface area (Å²) in [6, 6.07) is 10.2. The molecule has 184 valence electrons. The van der Waals surface area contributed by atoms with Gasteiger partial charge in [0.1, 0.15) is 17.7 Å². The van der Waals surface area contributed by atoms with Crippen LogP contribution in [0, 0.1) is 0 Å². The second-order valence-electron chi connectivity index (χ2n) is 7.24. The predicted molar refractivity (Wildman–Crippen MR) is 134 cm³/mol. The van der Waals surface area contributed by atoms with E-state index in [1.165, 1.54) is 42.2 Å². The summed E-state index contributed by atoms with van der Waals surface area (Å²) in [6.45, 7) is 0.0772. The summed E-state index contributed by atoms with van der Waals surface area (Å²) in [5.74, 6) is 0.0446. The third-order valence-corrected chi connectivity index (χ3v) is 7.86. The first-order valence-corrected chi connectivity index (χ1v) is 12.6. The molecule has 0 spiro atoms. The molecule has 1 aromatic heterocycles. The molecule has 1 N–H and O–H groups in total. The Morgan fingerprint density at radius 1 is 1.09 bits per heavy atom. The smallest absolute Gasteiger partial charge is 0.305 e. The van der Waals surface area contributed by atoms with Crippen molar-refractivity contribution in [2.75, 3.05) is 19.1 Å². The van der Waals surface area contributed by atoms with E-state index < -0.39 is 16.6 Å². The molecular formula is C22H19Cl2N3O6S2. The molecule has 1 saturated heterocycles. The number of carbonyl (C=O) groups excluding carboxylic acids is 1. The number of benzene rings is 2. The average molecular weight is 556 g/mol. The monoisotopic (exact) mass is 555 g/mol. The Kier molecular flexibility index (Phi) is 7.90. The molecule has 0 radical (unpaired) electrons. The molecule has 9 nitrogen and oxygen atoms in total. The number of halogens is 2. The van der Waals surface area contributed by atoms with E-state index in [2.05, 4.69) is 10.2 Å². The maximum absolute atomic E-state index is 13.2. The standard InChI is InChI=1S/C22H19Cl2N3O6S2/c1-31-15-5-3-11(7-16(15)32-2)21-27(20(30)17(34-21)9-19(28)29)22-26-25-18(35-22)10-33-14-6-4-12(23)8-13(14)24/h3-8,17,21H,9-10H2,1-2H3,(H,28,29). The number of carboxylic acid groups (broad SMARTS) is 1. The molecule has 0 bridgehead atoms. The van der Waals surface area contributed by atoms with Gasteiger partial charge in [0, 0.05) is 5.02 Å². The second-order valence-corrected chi connectivity index (χ2v) is 10.4. The van der Waals surface area contributed by atoms with Gasteiger partial charge in [-0.15, -0.1) is 22.0 Å². The molecular weight excluding hydrogens is 537 g/mol. The zero-order valence-electron chi connectivity index (χ0n) is 18.4. The van der Waals surface area contributed by atoms with Gasteiger partial charge in [-0.3, -0.25) is 14.5 Å². The van der Waals surface area contributed by atoms with Gasteiger partial charge in [0.25, 0.3) is 0 Å². The van der Waals surface area contributed by atoms with Crippen molar-refractivity contribution < 1.29 is 28.9 Å². The Labute approximate surface area is 218 Å². The van der Waals surface area contributed by atoms with Gasteiger partial charge in [0.15, 0.2) is 16.5 Å². The normalized spacial score (nSPS) is 17.5. The maximum Gasteiger partial charge on any atom is 0.305 e. The van der Waals surface area contributed by atoms with Gasteiger partial charge in [-0.2, -0.15) is 0 Å². The quantitative estimate of drug-likeness (QED) is 0.387. The predicted octanol–water partition coefficient (Wildman–Crippen LogP) is 5.06. The molecule has 1 aliphatic heterocycles. The fourth-order valence-electron chi connectivity index (χ4n) is 3.40. The Morgan fingerprint density at radius 3 is 2.51 bits per heavy atom. The highest BCUT2D eigenvalue weighted by atomic mass is 35.5. The molecule has 2 aromatic carbocycles. The topological polar surface area (TPSA) is 111 Å². The number of aliphatic carboxylic acids is 1. The van der Waals surface area contributed by atoms with E-state index in [1.54, 1.807) is 36.4 Å². The van der Waals surface area contributed by atoms with E-state index in [9.17, 15) is 14.7 Å². The highest BCUT2D eigenvalue weighted by molar-refractivity contribution is 8.01. The number of carboxylic acids is 1. The first-order chi connectivity index (χ1) is 16.8. The zero-order chi connectivity index (χ0) is 25.1. The first-order valence-electron chi connectivity index (χ1n) is 10.1. The van der Waals surface area contributed by atoms with Gasteiger partial charge in [0.05, 0.1) is 30.9 Å². The van der Waals surface area contributed by atoms with Crippen molar-refractivity contribution in [3.8, 4) is 17.2 Å². The summed E-state index contributed by atoms with van der Waals surface area (Å²) in [7, 11) is 3.05. The van der Waals surface area contributed by atoms with E-state index in [0.717, 1.165) is 5.56 Å². The van der Waals surface area contributed by atoms with E-state index >= 15 is 0 Å². The summed E-state index contributed by atoms with van der Waals surface area (Å²) < 4.78 is 16.4. The van der Waals surface area contributed by atoms with Crippen LogP contribution >= 0.6 is 46.3 Å². The number of aromatic nitrogens is 2. The molecule has 2 unspecified atom stereocenters. The SMILES string of the molecule is COc1ccc(C2SC(CC(=O)O)C(=O)N2c2nnc(COc3ccc(Cl)cc3Cl)s2)cc1OC. The van der Waals surface area contributed by atoms with Gasteiger partial charge in [-0.05, 0) is 35.9 Å². The van der Waals surface area contributed by atoms with Gasteiger partial charge < -0.3 is 19.3 Å². The third-order valence-electron chi connectivity index (χ3n) is 5.00. The minimum Gasteiger partial charge on any atom is -0.493 e. The van der Waals surface area contributed by atoms with Crippen LogP contribution in [0.4, 0.5) is 5.13 Å². The summed E-state index contributed by atoms with van der Waals surface area (Å²) in [5.41, 5.74) is 0.731. The Hall–Kier alpha value is -2.73. The van der Waals surface area contributed by atoms with Crippen molar-refractivity contribution in [3.63, 3.8) is 0 Å². The molecule has 2 heterocycles. The molecule has 2 atom stereocenters. The minimum absolute atomic E-state index is 0.0772. The van der Waals surface area contributed by atoms with Crippen molar-refractivity contribution in [2.45, 2.75) is 23.7 Å². The first kappa shape index (κ1) is 25.4. The maximum atomic E-state index is 13.2. The van der Waals surface area contributed by atoms with E-state index in [0.29, 0.717) is 37.4 Å². The molecule has 1 amide bonds. The number of amides is 1. The van der Waals surface area contributed by atoms with E-state index in [1.807, 2.05) is 0 Å². The van der Waals surface area contributed by atoms with Crippen LogP contribution in [0.5, 0.6) is 17.2 Å². The lowest BCUT2D eigenvalue weighted by molar-refractivity contribution is -0.138. The minimum atomic E-state index is -1.06. The lowest BCUT2D eigenvalue weighted by Crippen LogP contribution is -2.31. The van der Waals surface area contributed by atoms with Crippen molar-refractivity contribution in [1.82, 2.24) is 10.2 Å². The fraction of sp³-hybridized carbons (Fsp3) is 0.273.